The van der Waals surface area contributed by atoms with Gasteiger partial charge in [-0.1, -0.05) is 6.08 Å². The second kappa shape index (κ2) is 6.50. The molecule has 1 aliphatic rings. The number of hydrogen-bond acceptors (Lipinski definition) is 2. The molecule has 0 aromatic heterocycles. The van der Waals surface area contributed by atoms with Crippen LogP contribution in [0.1, 0.15) is 32.1 Å². The van der Waals surface area contributed by atoms with Gasteiger partial charge in [0.2, 0.25) is 0 Å². The molecule has 1 heterocycles. The van der Waals surface area contributed by atoms with Gasteiger partial charge in [0.15, 0.2) is 0 Å². The van der Waals surface area contributed by atoms with Crippen LogP contribution >= 0.6 is 11.8 Å². The molecule has 0 saturated carbocycles. The molecule has 1 N–H and O–H groups in total. The summed E-state index contributed by atoms with van der Waals surface area (Å²) in [5, 5.41) is 4.32. The molecule has 2 atom stereocenters. The maximum absolute atomic E-state index is 3.76. The Bertz CT molecular complexity index is 141. The lowest BCUT2D eigenvalue weighted by Crippen LogP contribution is -2.34. The first-order chi connectivity index (χ1) is 6.38. The fraction of sp³-hybridized carbons (Fsp3) is 0.818. The molecule has 0 aromatic rings. The first-order valence-corrected chi connectivity index (χ1v) is 6.33. The number of allylic oxidation sites excluding steroid dienone is 1. The van der Waals surface area contributed by atoms with Crippen LogP contribution in [-0.4, -0.2) is 24.1 Å². The van der Waals surface area contributed by atoms with Crippen molar-refractivity contribution in [1.29, 1.82) is 0 Å². The van der Waals surface area contributed by atoms with Crippen molar-refractivity contribution >= 4 is 11.8 Å². The third kappa shape index (κ3) is 3.74. The molecule has 0 bridgehead atoms. The summed E-state index contributed by atoms with van der Waals surface area (Å²) in [7, 11) is 2.09. The summed E-state index contributed by atoms with van der Waals surface area (Å²) >= 11 is 2.14. The zero-order valence-corrected chi connectivity index (χ0v) is 9.41. The minimum atomic E-state index is 0.729. The molecular weight excluding hydrogens is 178 g/mol. The minimum absolute atomic E-state index is 0.729. The third-order valence-corrected chi connectivity index (χ3v) is 4.22. The van der Waals surface area contributed by atoms with Crippen LogP contribution in [0.2, 0.25) is 0 Å². The predicted molar refractivity (Wildman–Crippen MR) is 62.4 cm³/mol. The highest BCUT2D eigenvalue weighted by molar-refractivity contribution is 8.00. The van der Waals surface area contributed by atoms with E-state index in [4.69, 9.17) is 0 Å². The number of rotatable bonds is 6. The molecule has 2 heteroatoms. The molecule has 0 spiro atoms. The van der Waals surface area contributed by atoms with Crippen molar-refractivity contribution in [3.05, 3.63) is 12.7 Å². The Morgan fingerprint density at radius 1 is 1.69 bits per heavy atom. The molecule has 1 saturated heterocycles. The predicted octanol–water partition coefficient (Wildman–Crippen LogP) is 2.83. The highest BCUT2D eigenvalue weighted by atomic mass is 32.2. The molecule has 2 unspecified atom stereocenters. The lowest BCUT2D eigenvalue weighted by molar-refractivity contribution is 0.481. The summed E-state index contributed by atoms with van der Waals surface area (Å²) < 4.78 is 0. The van der Waals surface area contributed by atoms with Crippen LogP contribution in [0.5, 0.6) is 0 Å². The summed E-state index contributed by atoms with van der Waals surface area (Å²) in [6.07, 6.45) is 8.59. The molecule has 0 amide bonds. The topological polar surface area (TPSA) is 12.0 Å². The third-order valence-electron chi connectivity index (χ3n) is 2.71. The zero-order valence-electron chi connectivity index (χ0n) is 8.59. The van der Waals surface area contributed by atoms with E-state index < -0.39 is 0 Å². The van der Waals surface area contributed by atoms with Crippen molar-refractivity contribution in [3.63, 3.8) is 0 Å². The van der Waals surface area contributed by atoms with Crippen LogP contribution in [0.4, 0.5) is 0 Å². The van der Waals surface area contributed by atoms with Crippen LogP contribution in [0.3, 0.4) is 0 Å². The van der Waals surface area contributed by atoms with Crippen molar-refractivity contribution in [3.8, 4) is 0 Å². The Hall–Kier alpha value is 0.0500. The summed E-state index contributed by atoms with van der Waals surface area (Å²) in [6, 6.07) is 0.729. The van der Waals surface area contributed by atoms with E-state index in [0.717, 1.165) is 17.7 Å². The van der Waals surface area contributed by atoms with E-state index in [9.17, 15) is 0 Å². The highest BCUT2D eigenvalue weighted by Crippen LogP contribution is 2.30. The van der Waals surface area contributed by atoms with Gasteiger partial charge in [0.25, 0.3) is 0 Å². The van der Waals surface area contributed by atoms with E-state index in [0.29, 0.717) is 0 Å². The van der Waals surface area contributed by atoms with Gasteiger partial charge in [0.1, 0.15) is 0 Å². The second-order valence-electron chi connectivity index (χ2n) is 3.67. The van der Waals surface area contributed by atoms with E-state index in [2.05, 4.69) is 30.7 Å². The van der Waals surface area contributed by atoms with Gasteiger partial charge < -0.3 is 5.32 Å². The van der Waals surface area contributed by atoms with Crippen molar-refractivity contribution in [2.24, 2.45) is 0 Å². The van der Waals surface area contributed by atoms with Gasteiger partial charge in [-0.3, -0.25) is 0 Å². The Kier molecular flexibility index (Phi) is 5.56. The average molecular weight is 199 g/mol. The Morgan fingerprint density at radius 3 is 3.08 bits per heavy atom. The van der Waals surface area contributed by atoms with Gasteiger partial charge in [0, 0.05) is 11.3 Å². The Morgan fingerprint density at radius 2 is 2.54 bits per heavy atom. The molecule has 0 aliphatic carbocycles. The zero-order chi connectivity index (χ0) is 9.52. The quantitative estimate of drug-likeness (QED) is 0.521. The largest absolute Gasteiger partial charge is 0.316 e. The van der Waals surface area contributed by atoms with E-state index in [-0.39, 0.29) is 0 Å². The van der Waals surface area contributed by atoms with Gasteiger partial charge >= 0.3 is 0 Å². The van der Waals surface area contributed by atoms with Crippen LogP contribution in [0.15, 0.2) is 12.7 Å². The molecule has 76 valence electrons. The average Bonchev–Trinajstić information content (AvgIpc) is 2.65. The summed E-state index contributed by atoms with van der Waals surface area (Å²) in [4.78, 5) is 0. The molecule has 1 aliphatic heterocycles. The monoisotopic (exact) mass is 199 g/mol. The van der Waals surface area contributed by atoms with Crippen molar-refractivity contribution < 1.29 is 0 Å². The smallest absolute Gasteiger partial charge is 0.0201 e. The lowest BCUT2D eigenvalue weighted by atomic mass is 10.0. The van der Waals surface area contributed by atoms with Crippen LogP contribution in [0.25, 0.3) is 0 Å². The molecule has 13 heavy (non-hydrogen) atoms. The maximum atomic E-state index is 3.76. The number of nitrogens with one attached hydrogen (secondary N) is 1. The van der Waals surface area contributed by atoms with Gasteiger partial charge in [-0.05, 0) is 44.9 Å². The highest BCUT2D eigenvalue weighted by Gasteiger charge is 2.23. The van der Waals surface area contributed by atoms with Crippen molar-refractivity contribution in [1.82, 2.24) is 5.32 Å². The normalized spacial score (nSPS) is 24.5. The van der Waals surface area contributed by atoms with Gasteiger partial charge in [-0.2, -0.15) is 11.8 Å². The first-order valence-electron chi connectivity index (χ1n) is 5.28. The van der Waals surface area contributed by atoms with Gasteiger partial charge in [-0.15, -0.1) is 6.58 Å². The first kappa shape index (κ1) is 11.1. The standard InChI is InChI=1S/C11H21NS/c1-3-4-5-7-10(12-2)11-8-6-9-13-11/h3,10-12H,1,4-9H2,2H3. The van der Waals surface area contributed by atoms with E-state index in [1.807, 2.05) is 6.08 Å². The van der Waals surface area contributed by atoms with E-state index in [1.54, 1.807) is 0 Å². The van der Waals surface area contributed by atoms with E-state index in [1.165, 1.54) is 31.4 Å². The van der Waals surface area contributed by atoms with Crippen LogP contribution in [0, 0.1) is 0 Å². The van der Waals surface area contributed by atoms with Crippen LogP contribution < -0.4 is 5.32 Å². The van der Waals surface area contributed by atoms with Gasteiger partial charge in [-0.25, -0.2) is 0 Å². The van der Waals surface area contributed by atoms with Crippen molar-refractivity contribution in [2.45, 2.75) is 43.4 Å². The van der Waals surface area contributed by atoms with E-state index >= 15 is 0 Å². The van der Waals surface area contributed by atoms with Crippen molar-refractivity contribution in [2.75, 3.05) is 12.8 Å². The van der Waals surface area contributed by atoms with Crippen LogP contribution in [-0.2, 0) is 0 Å². The Balaban J connectivity index is 2.20. The molecule has 0 radical (unpaired) electrons. The van der Waals surface area contributed by atoms with Gasteiger partial charge in [0.05, 0.1) is 0 Å². The molecule has 1 rings (SSSR count). The Labute approximate surface area is 86.4 Å². The number of unbranched alkanes of at least 4 members (excludes halogenated alkanes) is 1. The molecule has 0 aromatic carbocycles. The summed E-state index contributed by atoms with van der Waals surface area (Å²) in [5.74, 6) is 1.37. The summed E-state index contributed by atoms with van der Waals surface area (Å²) in [6.45, 7) is 3.76. The second-order valence-corrected chi connectivity index (χ2v) is 5.01. The lowest BCUT2D eigenvalue weighted by Gasteiger charge is -2.21. The molecule has 1 nitrogen and oxygen atoms in total. The number of thioether (sulfide) groups is 1. The summed E-state index contributed by atoms with van der Waals surface area (Å²) in [5.41, 5.74) is 0. The molecular formula is C11H21NS. The number of hydrogen-bond donors (Lipinski definition) is 1. The maximum Gasteiger partial charge on any atom is 0.0201 e. The minimum Gasteiger partial charge on any atom is -0.316 e. The molecule has 1 fully saturated rings. The fourth-order valence-corrected chi connectivity index (χ4v) is 3.39. The fourth-order valence-electron chi connectivity index (χ4n) is 1.92. The SMILES string of the molecule is C=CCCCC(NC)C1CCCS1.